The van der Waals surface area contributed by atoms with E-state index in [1.807, 2.05) is 11.8 Å². The molecular weight excluding hydrogens is 290 g/mol. The topological polar surface area (TPSA) is 44.8 Å². The van der Waals surface area contributed by atoms with Crippen molar-refractivity contribution in [2.75, 3.05) is 39.4 Å². The highest BCUT2D eigenvalue weighted by molar-refractivity contribution is 5.75. The average Bonchev–Trinajstić information content (AvgIpc) is 3.04. The number of piperidine rings is 1. The van der Waals surface area contributed by atoms with Crippen LogP contribution in [0.4, 0.5) is 4.79 Å². The smallest absolute Gasteiger partial charge is 0.317 e. The van der Waals surface area contributed by atoms with Gasteiger partial charge in [-0.2, -0.15) is 0 Å². The lowest BCUT2D eigenvalue weighted by molar-refractivity contribution is 0.0931. The van der Waals surface area contributed by atoms with E-state index in [9.17, 15) is 4.79 Å². The van der Waals surface area contributed by atoms with Crippen molar-refractivity contribution in [3.63, 3.8) is 0 Å². The van der Waals surface area contributed by atoms with Gasteiger partial charge in [-0.05, 0) is 44.1 Å². The minimum atomic E-state index is 0.0767. The van der Waals surface area contributed by atoms with Gasteiger partial charge in [0.05, 0.1) is 12.6 Å². The lowest BCUT2D eigenvalue weighted by atomic mass is 9.90. The molecule has 0 aromatic carbocycles. The number of amides is 2. The second-order valence-electron chi connectivity index (χ2n) is 8.17. The molecule has 3 fully saturated rings. The van der Waals surface area contributed by atoms with Crippen LogP contribution in [0.5, 0.6) is 0 Å². The van der Waals surface area contributed by atoms with Crippen LogP contribution in [0.2, 0.25) is 0 Å². The van der Waals surface area contributed by atoms with Crippen LogP contribution in [-0.4, -0.2) is 67.3 Å². The Morgan fingerprint density at radius 1 is 1.17 bits per heavy atom. The molecule has 3 aliphatic rings. The first kappa shape index (κ1) is 17.0. The van der Waals surface area contributed by atoms with E-state index in [2.05, 4.69) is 24.1 Å². The standard InChI is InChI=1S/C18H33N3O2/c1-13(2)11-23-12-14(3)19-18(22)21-9-15-8-20-7-5-4-6-17(20)16(15)10-21/h13-17H,4-12H2,1-3H3,(H,19,22)/t14-,15-,16+,17-/m0/s1. The van der Waals surface area contributed by atoms with E-state index in [4.69, 9.17) is 4.74 Å². The van der Waals surface area contributed by atoms with Gasteiger partial charge >= 0.3 is 6.03 Å². The van der Waals surface area contributed by atoms with Crippen molar-refractivity contribution < 1.29 is 9.53 Å². The third kappa shape index (κ3) is 4.00. The molecule has 0 aromatic rings. The Kier molecular flexibility index (Phi) is 5.47. The van der Waals surface area contributed by atoms with Gasteiger partial charge in [-0.25, -0.2) is 4.79 Å². The number of urea groups is 1. The Balaban J connectivity index is 1.43. The first-order chi connectivity index (χ1) is 11.0. The number of carbonyl (C=O) groups is 1. The van der Waals surface area contributed by atoms with Crippen LogP contribution in [0.15, 0.2) is 0 Å². The zero-order chi connectivity index (χ0) is 16.4. The highest BCUT2D eigenvalue weighted by atomic mass is 16.5. The number of fused-ring (bicyclic) bond motifs is 3. The molecule has 23 heavy (non-hydrogen) atoms. The third-order valence-corrected chi connectivity index (χ3v) is 5.60. The molecule has 4 atom stereocenters. The lowest BCUT2D eigenvalue weighted by Gasteiger charge is -2.33. The maximum atomic E-state index is 12.5. The number of nitrogens with zero attached hydrogens (tertiary/aromatic N) is 2. The van der Waals surface area contributed by atoms with Crippen LogP contribution in [0.25, 0.3) is 0 Å². The van der Waals surface area contributed by atoms with E-state index in [1.54, 1.807) is 0 Å². The van der Waals surface area contributed by atoms with E-state index in [0.717, 1.165) is 25.7 Å². The van der Waals surface area contributed by atoms with Crippen LogP contribution in [0, 0.1) is 17.8 Å². The molecule has 0 aromatic heterocycles. The van der Waals surface area contributed by atoms with Gasteiger partial charge in [-0.1, -0.05) is 20.3 Å². The predicted octanol–water partition coefficient (Wildman–Crippen LogP) is 2.17. The van der Waals surface area contributed by atoms with Crippen molar-refractivity contribution >= 4 is 6.03 Å². The first-order valence-corrected chi connectivity index (χ1v) is 9.42. The summed E-state index contributed by atoms with van der Waals surface area (Å²) < 4.78 is 5.63. The number of nitrogens with one attached hydrogen (secondary N) is 1. The number of likely N-dealkylation sites (tertiary alicyclic amines) is 1. The molecular formula is C18H33N3O2. The van der Waals surface area contributed by atoms with Crippen molar-refractivity contribution in [2.24, 2.45) is 17.8 Å². The Morgan fingerprint density at radius 2 is 2.00 bits per heavy atom. The summed E-state index contributed by atoms with van der Waals surface area (Å²) >= 11 is 0. The largest absolute Gasteiger partial charge is 0.379 e. The zero-order valence-electron chi connectivity index (χ0n) is 15.0. The Bertz CT molecular complexity index is 415. The van der Waals surface area contributed by atoms with Crippen molar-refractivity contribution in [3.05, 3.63) is 0 Å². The Labute approximate surface area is 140 Å². The Hall–Kier alpha value is -0.810. The van der Waals surface area contributed by atoms with Crippen molar-refractivity contribution in [3.8, 4) is 0 Å². The molecule has 2 amide bonds. The highest BCUT2D eigenvalue weighted by Gasteiger charge is 2.48. The summed E-state index contributed by atoms with van der Waals surface area (Å²) in [5.41, 5.74) is 0. The van der Waals surface area contributed by atoms with Gasteiger partial charge < -0.3 is 15.0 Å². The average molecular weight is 323 g/mol. The summed E-state index contributed by atoms with van der Waals surface area (Å²) in [6.45, 7) is 12.0. The summed E-state index contributed by atoms with van der Waals surface area (Å²) in [6.07, 6.45) is 4.05. The summed E-state index contributed by atoms with van der Waals surface area (Å²) in [6, 6.07) is 0.911. The zero-order valence-corrected chi connectivity index (χ0v) is 15.0. The van der Waals surface area contributed by atoms with E-state index in [-0.39, 0.29) is 12.1 Å². The molecule has 132 valence electrons. The fraction of sp³-hybridized carbons (Fsp3) is 0.944. The first-order valence-electron chi connectivity index (χ1n) is 9.42. The lowest BCUT2D eigenvalue weighted by Crippen LogP contribution is -2.46. The van der Waals surface area contributed by atoms with Gasteiger partial charge in [-0.3, -0.25) is 4.90 Å². The van der Waals surface area contributed by atoms with Crippen molar-refractivity contribution in [1.29, 1.82) is 0 Å². The maximum absolute atomic E-state index is 12.5. The molecule has 0 spiro atoms. The normalized spacial score (nSPS) is 32.0. The van der Waals surface area contributed by atoms with Gasteiger partial charge in [0.25, 0.3) is 0 Å². The molecule has 0 bridgehead atoms. The number of ether oxygens (including phenoxy) is 1. The SMILES string of the molecule is CC(C)COC[C@H](C)NC(=O)N1C[C@@H]2CN3CCCC[C@H]3[C@@H]2C1. The van der Waals surface area contributed by atoms with Gasteiger partial charge in [0.1, 0.15) is 0 Å². The van der Waals surface area contributed by atoms with Gasteiger partial charge in [0.15, 0.2) is 0 Å². The van der Waals surface area contributed by atoms with Crippen LogP contribution < -0.4 is 5.32 Å². The molecule has 3 saturated heterocycles. The number of rotatable bonds is 5. The molecule has 0 aliphatic carbocycles. The summed E-state index contributed by atoms with van der Waals surface area (Å²) in [7, 11) is 0. The van der Waals surface area contributed by atoms with Crippen molar-refractivity contribution in [2.45, 2.75) is 52.1 Å². The molecule has 3 rings (SSSR count). The summed E-state index contributed by atoms with van der Waals surface area (Å²) in [5.74, 6) is 1.93. The van der Waals surface area contributed by atoms with Crippen LogP contribution in [-0.2, 0) is 4.74 Å². The number of carbonyl (C=O) groups excluding carboxylic acids is 1. The van der Waals surface area contributed by atoms with Crippen molar-refractivity contribution in [1.82, 2.24) is 15.1 Å². The Morgan fingerprint density at radius 3 is 2.78 bits per heavy atom. The summed E-state index contributed by atoms with van der Waals surface area (Å²) in [4.78, 5) is 17.2. The molecule has 3 heterocycles. The van der Waals surface area contributed by atoms with E-state index in [1.165, 1.54) is 32.4 Å². The predicted molar refractivity (Wildman–Crippen MR) is 91.4 cm³/mol. The quantitative estimate of drug-likeness (QED) is 0.843. The van der Waals surface area contributed by atoms with Crippen LogP contribution in [0.1, 0.15) is 40.0 Å². The maximum Gasteiger partial charge on any atom is 0.317 e. The summed E-state index contributed by atoms with van der Waals surface area (Å²) in [5, 5.41) is 3.11. The third-order valence-electron chi connectivity index (χ3n) is 5.60. The van der Waals surface area contributed by atoms with E-state index in [0.29, 0.717) is 24.4 Å². The molecule has 0 radical (unpaired) electrons. The molecule has 0 saturated carbocycles. The fourth-order valence-corrected chi connectivity index (χ4v) is 4.55. The number of hydrogen-bond donors (Lipinski definition) is 1. The minimum Gasteiger partial charge on any atom is -0.379 e. The van der Waals surface area contributed by atoms with E-state index >= 15 is 0 Å². The van der Waals surface area contributed by atoms with E-state index < -0.39 is 0 Å². The molecule has 5 nitrogen and oxygen atoms in total. The molecule has 1 N–H and O–H groups in total. The molecule has 5 heteroatoms. The van der Waals surface area contributed by atoms with Crippen LogP contribution in [0.3, 0.4) is 0 Å². The second-order valence-corrected chi connectivity index (χ2v) is 8.17. The molecule has 0 unspecified atom stereocenters. The monoisotopic (exact) mass is 323 g/mol. The number of hydrogen-bond acceptors (Lipinski definition) is 3. The second kappa shape index (κ2) is 7.39. The van der Waals surface area contributed by atoms with Crippen LogP contribution >= 0.6 is 0 Å². The van der Waals surface area contributed by atoms with Gasteiger partial charge in [0.2, 0.25) is 0 Å². The minimum absolute atomic E-state index is 0.0767. The highest BCUT2D eigenvalue weighted by Crippen LogP contribution is 2.40. The fourth-order valence-electron chi connectivity index (χ4n) is 4.55. The van der Waals surface area contributed by atoms with Gasteiger partial charge in [0, 0.05) is 32.3 Å². The molecule has 3 aliphatic heterocycles. The van der Waals surface area contributed by atoms with Gasteiger partial charge in [-0.15, -0.1) is 0 Å².